The van der Waals surface area contributed by atoms with Crippen molar-refractivity contribution >= 4 is 17.4 Å². The van der Waals surface area contributed by atoms with Crippen molar-refractivity contribution in [3.05, 3.63) is 47.4 Å². The summed E-state index contributed by atoms with van der Waals surface area (Å²) in [6, 6.07) is 9.65. The van der Waals surface area contributed by atoms with Crippen LogP contribution < -0.4 is 4.74 Å². The minimum atomic E-state index is 0.321. The number of fused-ring (bicyclic) bond motifs is 1. The zero-order valence-corrected chi connectivity index (χ0v) is 12.6. The summed E-state index contributed by atoms with van der Waals surface area (Å²) in [4.78, 5) is 8.07. The van der Waals surface area contributed by atoms with Gasteiger partial charge in [-0.05, 0) is 30.0 Å². The molecule has 0 amide bonds. The van der Waals surface area contributed by atoms with Gasteiger partial charge in [-0.15, -0.1) is 0 Å². The number of rotatable bonds is 4. The van der Waals surface area contributed by atoms with Crippen molar-refractivity contribution < 1.29 is 4.74 Å². The molecule has 21 heavy (non-hydrogen) atoms. The molecule has 2 heterocycles. The summed E-state index contributed by atoms with van der Waals surface area (Å²) >= 11 is 5.96. The van der Waals surface area contributed by atoms with Crippen molar-refractivity contribution in [3.8, 4) is 11.6 Å². The number of halogens is 1. The van der Waals surface area contributed by atoms with Crippen molar-refractivity contribution in [2.75, 3.05) is 0 Å². The first-order valence-corrected chi connectivity index (χ1v) is 7.19. The fourth-order valence-corrected chi connectivity index (χ4v) is 2.22. The Morgan fingerprint density at radius 1 is 1.29 bits per heavy atom. The lowest BCUT2D eigenvalue weighted by Crippen LogP contribution is -1.98. The fraction of sp³-hybridized carbons (Fsp3) is 0.267. The Balaban J connectivity index is 1.90. The summed E-state index contributed by atoms with van der Waals surface area (Å²) in [7, 11) is 0. The summed E-state index contributed by atoms with van der Waals surface area (Å²) in [5, 5.41) is 4.40. The van der Waals surface area contributed by atoms with Crippen LogP contribution in [-0.2, 0) is 0 Å². The first-order chi connectivity index (χ1) is 10.2. The largest absolute Gasteiger partial charge is 0.439 e. The van der Waals surface area contributed by atoms with E-state index in [1.54, 1.807) is 6.07 Å². The predicted molar refractivity (Wildman–Crippen MR) is 81.0 cm³/mol. The topological polar surface area (TPSA) is 52.3 Å². The molecule has 0 aliphatic carbocycles. The Hall–Kier alpha value is -2.14. The molecule has 0 saturated carbocycles. The Labute approximate surface area is 127 Å². The average molecular weight is 303 g/mol. The molecule has 1 aromatic carbocycles. The maximum atomic E-state index is 5.96. The van der Waals surface area contributed by atoms with Crippen LogP contribution in [0.1, 0.15) is 31.7 Å². The molecular weight excluding hydrogens is 288 g/mol. The molecule has 3 rings (SSSR count). The van der Waals surface area contributed by atoms with E-state index in [1.165, 1.54) is 16.4 Å². The minimum absolute atomic E-state index is 0.321. The average Bonchev–Trinajstić information content (AvgIpc) is 2.95. The summed E-state index contributed by atoms with van der Waals surface area (Å²) < 4.78 is 7.34. The molecule has 0 N–H and O–H groups in total. The first-order valence-electron chi connectivity index (χ1n) is 6.81. The molecule has 3 aromatic rings. The van der Waals surface area contributed by atoms with Gasteiger partial charge >= 0.3 is 0 Å². The second kappa shape index (κ2) is 5.69. The normalized spacial score (nSPS) is 12.5. The van der Waals surface area contributed by atoms with Crippen LogP contribution in [0.2, 0.25) is 5.15 Å². The molecule has 0 radical (unpaired) electrons. The van der Waals surface area contributed by atoms with Gasteiger partial charge < -0.3 is 4.74 Å². The number of hydrogen-bond acceptors (Lipinski definition) is 4. The summed E-state index contributed by atoms with van der Waals surface area (Å²) in [6.45, 7) is 4.38. The zero-order chi connectivity index (χ0) is 14.8. The zero-order valence-electron chi connectivity index (χ0n) is 11.8. The van der Waals surface area contributed by atoms with E-state index in [-0.39, 0.29) is 0 Å². The second-order valence-electron chi connectivity index (χ2n) is 4.87. The van der Waals surface area contributed by atoms with Crippen molar-refractivity contribution in [3.63, 3.8) is 0 Å². The van der Waals surface area contributed by atoms with Crippen LogP contribution in [0.4, 0.5) is 0 Å². The van der Waals surface area contributed by atoms with Crippen LogP contribution in [0.5, 0.6) is 11.6 Å². The SMILES string of the molecule is CCC(C)c1ccc(Oc2cc(Cl)nc3ncnn23)cc1. The highest BCUT2D eigenvalue weighted by molar-refractivity contribution is 6.29. The third-order valence-electron chi connectivity index (χ3n) is 3.47. The molecule has 2 aromatic heterocycles. The van der Waals surface area contributed by atoms with Crippen LogP contribution in [0.15, 0.2) is 36.7 Å². The van der Waals surface area contributed by atoms with E-state index in [4.69, 9.17) is 16.3 Å². The highest BCUT2D eigenvalue weighted by Crippen LogP contribution is 2.26. The van der Waals surface area contributed by atoms with E-state index in [1.807, 2.05) is 12.1 Å². The Bertz CT molecular complexity index is 754. The van der Waals surface area contributed by atoms with Gasteiger partial charge in [0.1, 0.15) is 17.2 Å². The number of hydrogen-bond donors (Lipinski definition) is 0. The Morgan fingerprint density at radius 2 is 2.05 bits per heavy atom. The van der Waals surface area contributed by atoms with Gasteiger partial charge in [0.25, 0.3) is 5.78 Å². The Morgan fingerprint density at radius 3 is 2.76 bits per heavy atom. The van der Waals surface area contributed by atoms with Gasteiger partial charge in [0.2, 0.25) is 5.88 Å². The van der Waals surface area contributed by atoms with E-state index in [0.717, 1.165) is 12.2 Å². The molecule has 0 bridgehead atoms. The first kappa shape index (κ1) is 13.8. The van der Waals surface area contributed by atoms with Crippen LogP contribution in [0.25, 0.3) is 5.78 Å². The minimum Gasteiger partial charge on any atom is -0.439 e. The van der Waals surface area contributed by atoms with Crippen LogP contribution in [0, 0.1) is 0 Å². The van der Waals surface area contributed by atoms with Gasteiger partial charge in [0, 0.05) is 6.07 Å². The maximum absolute atomic E-state index is 5.96. The van der Waals surface area contributed by atoms with Crippen molar-refractivity contribution in [2.24, 2.45) is 0 Å². The smallest absolute Gasteiger partial charge is 0.256 e. The molecule has 5 nitrogen and oxygen atoms in total. The van der Waals surface area contributed by atoms with Gasteiger partial charge in [-0.1, -0.05) is 37.6 Å². The summed E-state index contributed by atoms with van der Waals surface area (Å²) in [6.07, 6.45) is 2.53. The number of benzene rings is 1. The molecule has 0 saturated heterocycles. The maximum Gasteiger partial charge on any atom is 0.256 e. The van der Waals surface area contributed by atoms with Gasteiger partial charge in [0.05, 0.1) is 0 Å². The van der Waals surface area contributed by atoms with Gasteiger partial charge in [-0.25, -0.2) is 0 Å². The molecule has 1 atom stereocenters. The molecule has 1 unspecified atom stereocenters. The quantitative estimate of drug-likeness (QED) is 0.681. The predicted octanol–water partition coefficient (Wildman–Crippen LogP) is 4.08. The molecular formula is C15H15ClN4O. The van der Waals surface area contributed by atoms with Crippen LogP contribution in [0.3, 0.4) is 0 Å². The molecule has 0 aliphatic rings. The third kappa shape index (κ3) is 2.83. The van der Waals surface area contributed by atoms with Crippen molar-refractivity contribution in [1.82, 2.24) is 19.6 Å². The van der Waals surface area contributed by atoms with Gasteiger partial charge in [0.15, 0.2) is 0 Å². The highest BCUT2D eigenvalue weighted by atomic mass is 35.5. The Kier molecular flexibility index (Phi) is 3.75. The fourth-order valence-electron chi connectivity index (χ4n) is 2.05. The summed E-state index contributed by atoms with van der Waals surface area (Å²) in [5.74, 6) is 2.16. The molecule has 6 heteroatoms. The molecule has 0 aliphatic heterocycles. The van der Waals surface area contributed by atoms with E-state index >= 15 is 0 Å². The van der Waals surface area contributed by atoms with Crippen molar-refractivity contribution in [1.29, 1.82) is 0 Å². The monoisotopic (exact) mass is 302 g/mol. The molecule has 108 valence electrons. The summed E-state index contributed by atoms with van der Waals surface area (Å²) in [5.41, 5.74) is 1.29. The standard InChI is InChI=1S/C15H15ClN4O/c1-3-10(2)11-4-6-12(7-5-11)21-14-8-13(16)19-15-17-9-18-20(14)15/h4-10H,3H2,1-2H3. The number of nitrogens with zero attached hydrogens (tertiary/aromatic N) is 4. The third-order valence-corrected chi connectivity index (χ3v) is 3.67. The van der Waals surface area contributed by atoms with Crippen molar-refractivity contribution in [2.45, 2.75) is 26.2 Å². The molecule has 0 spiro atoms. The van der Waals surface area contributed by atoms with Gasteiger partial charge in [-0.2, -0.15) is 19.6 Å². The van der Waals surface area contributed by atoms with E-state index in [9.17, 15) is 0 Å². The number of aromatic nitrogens is 4. The lowest BCUT2D eigenvalue weighted by Gasteiger charge is -2.11. The van der Waals surface area contributed by atoms with Gasteiger partial charge in [-0.3, -0.25) is 0 Å². The van der Waals surface area contributed by atoms with Crippen LogP contribution in [-0.4, -0.2) is 19.6 Å². The van der Waals surface area contributed by atoms with E-state index in [2.05, 4.69) is 41.0 Å². The highest BCUT2D eigenvalue weighted by Gasteiger charge is 2.09. The lowest BCUT2D eigenvalue weighted by molar-refractivity contribution is 0.445. The van der Waals surface area contributed by atoms with E-state index < -0.39 is 0 Å². The lowest BCUT2D eigenvalue weighted by atomic mass is 9.99. The second-order valence-corrected chi connectivity index (χ2v) is 5.26. The molecule has 0 fully saturated rings. The van der Waals surface area contributed by atoms with Crippen LogP contribution >= 0.6 is 11.6 Å². The number of ether oxygens (including phenoxy) is 1. The van der Waals surface area contributed by atoms with E-state index in [0.29, 0.717) is 22.7 Å².